The number of hydrogen-bond acceptors (Lipinski definition) is 7. The molecule has 3 saturated heterocycles. The second kappa shape index (κ2) is 9.73. The van der Waals surface area contributed by atoms with E-state index in [1.165, 1.54) is 25.3 Å². The summed E-state index contributed by atoms with van der Waals surface area (Å²) >= 11 is 1.47. The van der Waals surface area contributed by atoms with Crippen LogP contribution in [0.2, 0.25) is 0 Å². The van der Waals surface area contributed by atoms with Gasteiger partial charge in [0.2, 0.25) is 5.91 Å². The van der Waals surface area contributed by atoms with Gasteiger partial charge in [-0.2, -0.15) is 17.0 Å². The number of aliphatic hydroxyl groups is 1. The molecule has 2 unspecified atom stereocenters. The number of carbonyl (C=O) groups excluding carboxylic acids is 1. The van der Waals surface area contributed by atoms with Crippen LogP contribution in [0.4, 0.5) is 0 Å². The van der Waals surface area contributed by atoms with E-state index < -0.39 is 28.2 Å². The number of β-lactam (4-membered cyclic amide) rings is 1. The lowest BCUT2D eigenvalue weighted by molar-refractivity contribution is -0.163. The Balaban J connectivity index is 1.22. The van der Waals surface area contributed by atoms with Crippen molar-refractivity contribution in [3.63, 3.8) is 0 Å². The van der Waals surface area contributed by atoms with Crippen molar-refractivity contribution in [2.24, 2.45) is 11.8 Å². The van der Waals surface area contributed by atoms with E-state index >= 15 is 0 Å². The predicted octanol–water partition coefficient (Wildman–Crippen LogP) is 0.666. The molecule has 0 saturated carbocycles. The number of carboxylic acid groups (broad SMARTS) is 1. The van der Waals surface area contributed by atoms with Crippen molar-refractivity contribution in [1.82, 2.24) is 18.8 Å². The van der Waals surface area contributed by atoms with Crippen LogP contribution < -0.4 is 5.32 Å². The second-order valence-corrected chi connectivity index (χ2v) is 13.3. The zero-order chi connectivity index (χ0) is 25.8. The first-order valence-electron chi connectivity index (χ1n) is 12.3. The molecule has 0 aliphatic carbocycles. The zero-order valence-electron chi connectivity index (χ0n) is 20.3. The number of rotatable bonds is 8. The lowest BCUT2D eigenvalue weighted by atomic mass is 9.79. The molecule has 0 spiro atoms. The molecule has 10 nitrogen and oxygen atoms in total. The Kier molecular flexibility index (Phi) is 6.94. The molecule has 1 amide bonds. The number of amides is 1. The fourth-order valence-electron chi connectivity index (χ4n) is 5.87. The summed E-state index contributed by atoms with van der Waals surface area (Å²) in [6, 6.07) is 9.17. The monoisotopic (exact) mass is 536 g/mol. The summed E-state index contributed by atoms with van der Waals surface area (Å²) in [6.45, 7) is 5.71. The number of aliphatic hydroxyl groups excluding tert-OH is 1. The molecule has 0 radical (unpaired) electrons. The fraction of sp³-hybridized carbons (Fsp3) is 0.583. The van der Waals surface area contributed by atoms with Crippen LogP contribution in [0.3, 0.4) is 0 Å². The largest absolute Gasteiger partial charge is 0.477 e. The smallest absolute Gasteiger partial charge is 0.353 e. The summed E-state index contributed by atoms with van der Waals surface area (Å²) in [5.74, 6) is -2.23. The van der Waals surface area contributed by atoms with Gasteiger partial charge in [0, 0.05) is 54.8 Å². The van der Waals surface area contributed by atoms with Crippen LogP contribution >= 0.6 is 11.8 Å². The summed E-state index contributed by atoms with van der Waals surface area (Å²) in [7, 11) is -3.54. The first-order chi connectivity index (χ1) is 17.1. The lowest BCUT2D eigenvalue weighted by Gasteiger charge is -2.46. The first kappa shape index (κ1) is 25.7. The summed E-state index contributed by atoms with van der Waals surface area (Å²) < 4.78 is 29.2. The van der Waals surface area contributed by atoms with Crippen LogP contribution in [0.15, 0.2) is 40.9 Å². The number of nitrogens with one attached hydrogen (secondary N) is 1. The topological polar surface area (TPSA) is 130 Å². The third-order valence-electron chi connectivity index (χ3n) is 7.66. The summed E-state index contributed by atoms with van der Waals surface area (Å²) in [5, 5.41) is 23.3. The van der Waals surface area contributed by atoms with E-state index in [0.29, 0.717) is 44.0 Å². The van der Waals surface area contributed by atoms with Gasteiger partial charge in [0.1, 0.15) is 5.70 Å². The van der Waals surface area contributed by atoms with Crippen molar-refractivity contribution in [2.75, 3.05) is 26.2 Å². The molecule has 1 aromatic rings. The van der Waals surface area contributed by atoms with Crippen molar-refractivity contribution >= 4 is 33.8 Å². The Morgan fingerprint density at radius 1 is 1.22 bits per heavy atom. The van der Waals surface area contributed by atoms with Gasteiger partial charge in [-0.1, -0.05) is 37.3 Å². The number of thioether (sulfide) groups is 1. The molecule has 4 heterocycles. The molecular weight excluding hydrogens is 504 g/mol. The normalized spacial score (nSPS) is 33.1. The van der Waals surface area contributed by atoms with Crippen molar-refractivity contribution in [1.29, 1.82) is 0 Å². The van der Waals surface area contributed by atoms with E-state index in [0.717, 1.165) is 5.56 Å². The maximum Gasteiger partial charge on any atom is 0.353 e. The van der Waals surface area contributed by atoms with Crippen molar-refractivity contribution < 1.29 is 28.2 Å². The number of benzene rings is 1. The van der Waals surface area contributed by atoms with Crippen LogP contribution in [0.1, 0.15) is 25.8 Å². The minimum atomic E-state index is -3.54. The molecule has 12 heteroatoms. The van der Waals surface area contributed by atoms with E-state index in [1.54, 1.807) is 6.92 Å². The standard InChI is InChI=1S/C24H32N4O6S2/c1-14-20-19(15(2)29)23(30)28(20)21(24(31)32)22(14)35-18-10-17(25-11-18)13-27-9-8-26(36(27,33)34)12-16-6-4-3-5-7-16/h3-7,14-15,17-20,25,29H,8-13H2,1-2H3,(H,31,32)/t14-,15-,17+,18+,19?,20?/m1/s1. The number of carbonyl (C=O) groups is 2. The second-order valence-electron chi connectivity index (χ2n) is 10.0. The van der Waals surface area contributed by atoms with Gasteiger partial charge in [0.25, 0.3) is 10.2 Å². The highest BCUT2D eigenvalue weighted by molar-refractivity contribution is 8.03. The number of hydrogen-bond donors (Lipinski definition) is 3. The molecule has 4 aliphatic rings. The fourth-order valence-corrected chi connectivity index (χ4v) is 9.02. The van der Waals surface area contributed by atoms with Gasteiger partial charge in [-0.3, -0.25) is 4.79 Å². The maximum absolute atomic E-state index is 13.1. The average molecular weight is 537 g/mol. The minimum absolute atomic E-state index is 0.0292. The Morgan fingerprint density at radius 2 is 1.92 bits per heavy atom. The van der Waals surface area contributed by atoms with Gasteiger partial charge in [0.15, 0.2) is 0 Å². The van der Waals surface area contributed by atoms with Crippen LogP contribution in [0, 0.1) is 11.8 Å². The van der Waals surface area contributed by atoms with E-state index in [4.69, 9.17) is 0 Å². The molecule has 5 rings (SSSR count). The van der Waals surface area contributed by atoms with Crippen molar-refractivity contribution in [3.05, 3.63) is 46.5 Å². The van der Waals surface area contributed by atoms with Crippen LogP contribution in [0.5, 0.6) is 0 Å². The first-order valence-corrected chi connectivity index (χ1v) is 14.5. The summed E-state index contributed by atoms with van der Waals surface area (Å²) in [5.41, 5.74) is 0.981. The number of nitrogens with zero attached hydrogens (tertiary/aromatic N) is 3. The van der Waals surface area contributed by atoms with E-state index in [1.807, 2.05) is 37.3 Å². The Morgan fingerprint density at radius 3 is 2.58 bits per heavy atom. The lowest BCUT2D eigenvalue weighted by Crippen LogP contribution is -2.63. The molecular formula is C24H32N4O6S2. The van der Waals surface area contributed by atoms with Gasteiger partial charge in [-0.05, 0) is 18.9 Å². The number of fused-ring (bicyclic) bond motifs is 1. The minimum Gasteiger partial charge on any atom is -0.477 e. The predicted molar refractivity (Wildman–Crippen MR) is 135 cm³/mol. The Labute approximate surface area is 215 Å². The highest BCUT2D eigenvalue weighted by Crippen LogP contribution is 2.51. The van der Waals surface area contributed by atoms with Crippen molar-refractivity contribution in [3.8, 4) is 0 Å². The Bertz CT molecular complexity index is 1170. The molecule has 0 aromatic heterocycles. The summed E-state index contributed by atoms with van der Waals surface area (Å²) in [4.78, 5) is 26.6. The molecule has 36 heavy (non-hydrogen) atoms. The maximum atomic E-state index is 13.1. The molecule has 3 N–H and O–H groups in total. The average Bonchev–Trinajstić information content (AvgIpc) is 3.45. The molecule has 1 aromatic carbocycles. The van der Waals surface area contributed by atoms with Gasteiger partial charge in [0.05, 0.1) is 18.1 Å². The Hall–Kier alpha value is -1.96. The molecule has 3 fully saturated rings. The quantitative estimate of drug-likeness (QED) is 0.413. The molecule has 6 atom stereocenters. The molecule has 4 aliphatic heterocycles. The molecule has 0 bridgehead atoms. The van der Waals surface area contributed by atoms with Crippen molar-refractivity contribution in [2.45, 2.75) is 50.3 Å². The van der Waals surface area contributed by atoms with Crippen LogP contribution in [0.25, 0.3) is 0 Å². The third-order valence-corrected chi connectivity index (χ3v) is 11.1. The van der Waals surface area contributed by atoms with Gasteiger partial charge < -0.3 is 20.4 Å². The van der Waals surface area contributed by atoms with Crippen LogP contribution in [-0.2, 0) is 26.3 Å². The van der Waals surface area contributed by atoms with Crippen LogP contribution in [-0.4, -0.2) is 93.6 Å². The van der Waals surface area contributed by atoms with Gasteiger partial charge in [-0.15, -0.1) is 11.8 Å². The number of aliphatic carboxylic acids is 1. The van der Waals surface area contributed by atoms with E-state index in [2.05, 4.69) is 5.32 Å². The van der Waals surface area contributed by atoms with Gasteiger partial charge >= 0.3 is 5.97 Å². The van der Waals surface area contributed by atoms with E-state index in [9.17, 15) is 28.2 Å². The summed E-state index contributed by atoms with van der Waals surface area (Å²) in [6.07, 6.45) is -0.140. The van der Waals surface area contributed by atoms with E-state index in [-0.39, 0.29) is 34.9 Å². The molecule has 196 valence electrons. The highest BCUT2D eigenvalue weighted by Gasteiger charge is 2.60. The third kappa shape index (κ3) is 4.37. The van der Waals surface area contributed by atoms with Gasteiger partial charge in [-0.25, -0.2) is 4.79 Å². The number of carboxylic acids is 1. The zero-order valence-corrected chi connectivity index (χ0v) is 21.9. The highest BCUT2D eigenvalue weighted by atomic mass is 32.2. The SMILES string of the molecule is C[C@@H](O)C1C(=O)N2C(C(=O)O)=C(S[C@@H]3CN[C@H](CN4CCN(Cc5ccccc5)S4(=O)=O)C3)[C@H](C)C12.